The highest BCUT2D eigenvalue weighted by Gasteiger charge is 2.27. The molecular formula is C10H14N2. The topological polar surface area (TPSA) is 15.6 Å². The summed E-state index contributed by atoms with van der Waals surface area (Å²) in [6.45, 7) is 4.87. The molecule has 0 radical (unpaired) electrons. The summed E-state index contributed by atoms with van der Waals surface area (Å²) in [5, 5.41) is 0. The maximum Gasteiger partial charge on any atom is 0.0706 e. The Bertz CT molecular complexity index is 263. The third-order valence-corrected chi connectivity index (χ3v) is 2.68. The molecule has 1 fully saturated rings. The van der Waals surface area contributed by atoms with Gasteiger partial charge in [0.25, 0.3) is 0 Å². The van der Waals surface area contributed by atoms with Crippen LogP contribution in [0.4, 0.5) is 0 Å². The van der Waals surface area contributed by atoms with Crippen molar-refractivity contribution in [2.75, 3.05) is 13.6 Å². The average molecular weight is 162 g/mol. The Labute approximate surface area is 73.3 Å². The molecule has 2 aliphatic heterocycles. The second kappa shape index (κ2) is 2.77. The van der Waals surface area contributed by atoms with E-state index in [0.717, 1.165) is 13.0 Å². The van der Waals surface area contributed by atoms with Crippen molar-refractivity contribution >= 4 is 5.71 Å². The van der Waals surface area contributed by atoms with E-state index in [1.54, 1.807) is 0 Å². The van der Waals surface area contributed by atoms with Crippen LogP contribution in [0, 0.1) is 0 Å². The number of likely N-dealkylation sites (tertiary alicyclic amines) is 1. The van der Waals surface area contributed by atoms with Crippen LogP contribution in [0.2, 0.25) is 0 Å². The van der Waals surface area contributed by atoms with Gasteiger partial charge in [-0.05, 0) is 18.9 Å². The molecule has 0 bridgehead atoms. The van der Waals surface area contributed by atoms with Crippen molar-refractivity contribution in [3.63, 3.8) is 0 Å². The van der Waals surface area contributed by atoms with Crippen LogP contribution in [-0.2, 0) is 0 Å². The normalized spacial score (nSPS) is 28.4. The van der Waals surface area contributed by atoms with Gasteiger partial charge in [-0.15, -0.1) is 0 Å². The van der Waals surface area contributed by atoms with E-state index in [9.17, 15) is 0 Å². The molecule has 1 atom stereocenters. The van der Waals surface area contributed by atoms with Gasteiger partial charge < -0.3 is 4.90 Å². The van der Waals surface area contributed by atoms with Crippen LogP contribution in [0.1, 0.15) is 12.8 Å². The third kappa shape index (κ3) is 1.07. The average Bonchev–Trinajstić information content (AvgIpc) is 2.64. The first-order valence-electron chi connectivity index (χ1n) is 4.40. The fourth-order valence-electron chi connectivity index (χ4n) is 1.84. The van der Waals surface area contributed by atoms with Gasteiger partial charge in [-0.25, -0.2) is 0 Å². The van der Waals surface area contributed by atoms with Crippen LogP contribution >= 0.6 is 0 Å². The predicted octanol–water partition coefficient (Wildman–Crippen LogP) is 1.61. The number of hydrogen-bond donors (Lipinski definition) is 0. The number of rotatable bonds is 1. The molecule has 2 rings (SSSR count). The van der Waals surface area contributed by atoms with E-state index in [0.29, 0.717) is 6.04 Å². The molecule has 2 nitrogen and oxygen atoms in total. The standard InChI is InChI=1S/C10H14N2/c1-8-5-6-10(12(8)2)9-4-3-7-11-9/h3-4,10H,1,5-7H2,2H3. The minimum Gasteiger partial charge on any atom is -0.370 e. The highest BCUT2D eigenvalue weighted by atomic mass is 15.2. The predicted molar refractivity (Wildman–Crippen MR) is 51.4 cm³/mol. The summed E-state index contributed by atoms with van der Waals surface area (Å²) >= 11 is 0. The Hall–Kier alpha value is -1.05. The molecule has 64 valence electrons. The molecule has 0 N–H and O–H groups in total. The monoisotopic (exact) mass is 162 g/mol. The lowest BCUT2D eigenvalue weighted by molar-refractivity contribution is 0.429. The SMILES string of the molecule is C=C1CCC(C2=NCC=C2)N1C. The zero-order chi connectivity index (χ0) is 8.55. The van der Waals surface area contributed by atoms with Gasteiger partial charge in [0.05, 0.1) is 18.3 Å². The quantitative estimate of drug-likeness (QED) is 0.572. The van der Waals surface area contributed by atoms with Crippen LogP contribution < -0.4 is 0 Å². The molecule has 1 unspecified atom stereocenters. The van der Waals surface area contributed by atoms with Crippen molar-refractivity contribution in [2.45, 2.75) is 18.9 Å². The Morgan fingerprint density at radius 1 is 1.67 bits per heavy atom. The lowest BCUT2D eigenvalue weighted by Gasteiger charge is -2.21. The van der Waals surface area contributed by atoms with Crippen molar-refractivity contribution < 1.29 is 0 Å². The molecule has 1 saturated heterocycles. The van der Waals surface area contributed by atoms with Crippen LogP contribution in [0.3, 0.4) is 0 Å². The highest BCUT2D eigenvalue weighted by Crippen LogP contribution is 2.25. The second-order valence-corrected chi connectivity index (χ2v) is 3.40. The zero-order valence-electron chi connectivity index (χ0n) is 7.45. The summed E-state index contributed by atoms with van der Waals surface area (Å²) < 4.78 is 0. The fourth-order valence-corrected chi connectivity index (χ4v) is 1.84. The first-order chi connectivity index (χ1) is 5.79. The van der Waals surface area contributed by atoms with E-state index in [2.05, 4.69) is 35.7 Å². The number of nitrogens with zero attached hydrogens (tertiary/aromatic N) is 2. The molecule has 12 heavy (non-hydrogen) atoms. The van der Waals surface area contributed by atoms with Crippen molar-refractivity contribution in [1.82, 2.24) is 4.90 Å². The first-order valence-corrected chi connectivity index (χ1v) is 4.40. The van der Waals surface area contributed by atoms with Gasteiger partial charge in [0.1, 0.15) is 0 Å². The maximum absolute atomic E-state index is 4.43. The largest absolute Gasteiger partial charge is 0.370 e. The summed E-state index contributed by atoms with van der Waals surface area (Å²) in [6.07, 6.45) is 6.55. The van der Waals surface area contributed by atoms with Crippen molar-refractivity contribution in [1.29, 1.82) is 0 Å². The van der Waals surface area contributed by atoms with Gasteiger partial charge in [-0.1, -0.05) is 12.7 Å². The Balaban J connectivity index is 2.15. The van der Waals surface area contributed by atoms with Gasteiger partial charge >= 0.3 is 0 Å². The van der Waals surface area contributed by atoms with E-state index in [4.69, 9.17) is 0 Å². The summed E-state index contributed by atoms with van der Waals surface area (Å²) in [5.41, 5.74) is 2.47. The lowest BCUT2D eigenvalue weighted by atomic mass is 10.1. The van der Waals surface area contributed by atoms with Crippen molar-refractivity contribution in [3.8, 4) is 0 Å². The van der Waals surface area contributed by atoms with Gasteiger partial charge in [0.2, 0.25) is 0 Å². The summed E-state index contributed by atoms with van der Waals surface area (Å²) in [6, 6.07) is 0.497. The first kappa shape index (κ1) is 7.59. The van der Waals surface area contributed by atoms with Crippen molar-refractivity contribution in [2.24, 2.45) is 4.99 Å². The van der Waals surface area contributed by atoms with Crippen LogP contribution in [0.25, 0.3) is 0 Å². The molecule has 0 aromatic carbocycles. The minimum absolute atomic E-state index is 0.497. The Morgan fingerprint density at radius 2 is 2.50 bits per heavy atom. The molecule has 2 heteroatoms. The van der Waals surface area contributed by atoms with E-state index in [1.165, 1.54) is 17.8 Å². The van der Waals surface area contributed by atoms with Crippen LogP contribution in [-0.4, -0.2) is 30.2 Å². The van der Waals surface area contributed by atoms with E-state index in [-0.39, 0.29) is 0 Å². The maximum atomic E-state index is 4.43. The molecular weight excluding hydrogens is 148 g/mol. The Kier molecular flexibility index (Phi) is 1.75. The fraction of sp³-hybridized carbons (Fsp3) is 0.500. The summed E-state index contributed by atoms with van der Waals surface area (Å²) in [5.74, 6) is 0. The van der Waals surface area contributed by atoms with Gasteiger partial charge in [-0.2, -0.15) is 0 Å². The number of aliphatic imine (C=N–C) groups is 1. The smallest absolute Gasteiger partial charge is 0.0706 e. The van der Waals surface area contributed by atoms with E-state index >= 15 is 0 Å². The third-order valence-electron chi connectivity index (χ3n) is 2.68. The van der Waals surface area contributed by atoms with Crippen LogP contribution in [0.15, 0.2) is 29.4 Å². The summed E-state index contributed by atoms with van der Waals surface area (Å²) in [7, 11) is 2.11. The molecule has 0 aromatic heterocycles. The van der Waals surface area contributed by atoms with Gasteiger partial charge in [-0.3, -0.25) is 4.99 Å². The highest BCUT2D eigenvalue weighted by molar-refractivity contribution is 6.01. The van der Waals surface area contributed by atoms with E-state index < -0.39 is 0 Å². The minimum atomic E-state index is 0.497. The molecule has 0 aliphatic carbocycles. The van der Waals surface area contributed by atoms with Gasteiger partial charge in [0, 0.05) is 12.7 Å². The molecule has 0 amide bonds. The van der Waals surface area contributed by atoms with E-state index in [1.807, 2.05) is 0 Å². The lowest BCUT2D eigenvalue weighted by Crippen LogP contribution is -2.30. The van der Waals surface area contributed by atoms with Crippen molar-refractivity contribution in [3.05, 3.63) is 24.4 Å². The summed E-state index contributed by atoms with van der Waals surface area (Å²) in [4.78, 5) is 6.67. The molecule has 2 heterocycles. The number of hydrogen-bond acceptors (Lipinski definition) is 2. The molecule has 2 aliphatic rings. The number of allylic oxidation sites excluding steroid dienone is 1. The van der Waals surface area contributed by atoms with Gasteiger partial charge in [0.15, 0.2) is 0 Å². The Morgan fingerprint density at radius 3 is 3.00 bits per heavy atom. The molecule has 0 aromatic rings. The molecule has 0 saturated carbocycles. The van der Waals surface area contributed by atoms with Crippen LogP contribution in [0.5, 0.6) is 0 Å². The zero-order valence-corrected chi connectivity index (χ0v) is 7.45. The second-order valence-electron chi connectivity index (χ2n) is 3.40. The molecule has 0 spiro atoms.